The average Bonchev–Trinajstić information content (AvgIpc) is 2.79. The van der Waals surface area contributed by atoms with E-state index in [9.17, 15) is 4.79 Å². The summed E-state index contributed by atoms with van der Waals surface area (Å²) in [5, 5.41) is 1.10. The van der Waals surface area contributed by atoms with E-state index in [2.05, 4.69) is 4.99 Å². The van der Waals surface area contributed by atoms with Gasteiger partial charge in [-0.05, 0) is 18.2 Å². The molecule has 0 spiro atoms. The highest BCUT2D eigenvalue weighted by molar-refractivity contribution is 6.59. The number of halogens is 1. The normalized spacial score (nSPS) is 20.9. The Morgan fingerprint density at radius 3 is 3.05 bits per heavy atom. The third-order valence-electron chi connectivity index (χ3n) is 3.48. The van der Waals surface area contributed by atoms with Crippen molar-refractivity contribution in [1.82, 2.24) is 4.57 Å². The van der Waals surface area contributed by atoms with Gasteiger partial charge in [0.2, 0.25) is 5.78 Å². The second kappa shape index (κ2) is 3.68. The summed E-state index contributed by atoms with van der Waals surface area (Å²) in [5.74, 6) is -0.0993. The molecule has 2 heterocycles. The second-order valence-electron chi connectivity index (χ2n) is 4.56. The molecular formula is C15H9ClN2O. The van der Waals surface area contributed by atoms with Crippen LogP contribution < -0.4 is 0 Å². The minimum Gasteiger partial charge on any atom is -0.314 e. The van der Waals surface area contributed by atoms with Gasteiger partial charge in [-0.1, -0.05) is 35.9 Å². The van der Waals surface area contributed by atoms with Crippen molar-refractivity contribution in [1.29, 1.82) is 0 Å². The lowest BCUT2D eigenvalue weighted by Gasteiger charge is -2.11. The van der Waals surface area contributed by atoms with Gasteiger partial charge in [0, 0.05) is 17.1 Å². The van der Waals surface area contributed by atoms with Gasteiger partial charge < -0.3 is 4.57 Å². The molecule has 92 valence electrons. The maximum Gasteiger partial charge on any atom is 0.205 e. The van der Waals surface area contributed by atoms with Crippen molar-refractivity contribution in [3.63, 3.8) is 0 Å². The van der Waals surface area contributed by atoms with Gasteiger partial charge in [-0.2, -0.15) is 0 Å². The van der Waals surface area contributed by atoms with Crippen LogP contribution in [0.15, 0.2) is 53.7 Å². The third-order valence-corrected chi connectivity index (χ3v) is 3.81. The first-order chi connectivity index (χ1) is 9.25. The first-order valence-electron chi connectivity index (χ1n) is 6.01. The quantitative estimate of drug-likeness (QED) is 0.410. The molecule has 1 aromatic carbocycles. The van der Waals surface area contributed by atoms with Gasteiger partial charge in [0.15, 0.2) is 5.50 Å². The number of rotatable bonds is 0. The summed E-state index contributed by atoms with van der Waals surface area (Å²) in [5.41, 5.74) is 2.64. The monoisotopic (exact) mass is 268 g/mol. The summed E-state index contributed by atoms with van der Waals surface area (Å²) in [6.07, 6.45) is 7.12. The van der Waals surface area contributed by atoms with Crippen molar-refractivity contribution in [3.8, 4) is 0 Å². The van der Waals surface area contributed by atoms with E-state index >= 15 is 0 Å². The number of alkyl halides is 1. The summed E-state index contributed by atoms with van der Waals surface area (Å²) in [6.45, 7) is 0. The molecule has 0 saturated carbocycles. The summed E-state index contributed by atoms with van der Waals surface area (Å²) >= 11 is 6.36. The van der Waals surface area contributed by atoms with Crippen molar-refractivity contribution in [2.24, 2.45) is 4.99 Å². The molecule has 0 bridgehead atoms. The van der Waals surface area contributed by atoms with Crippen molar-refractivity contribution in [2.75, 3.05) is 0 Å². The number of fused-ring (bicyclic) bond motifs is 2. The molecule has 4 rings (SSSR count). The fraction of sp³-hybridized carbons (Fsp3) is 0.0667. The predicted octanol–water partition coefficient (Wildman–Crippen LogP) is 3.31. The third kappa shape index (κ3) is 1.39. The van der Waals surface area contributed by atoms with E-state index in [1.54, 1.807) is 6.08 Å². The topological polar surface area (TPSA) is 34.4 Å². The van der Waals surface area contributed by atoms with Crippen molar-refractivity contribution in [3.05, 3.63) is 54.3 Å². The summed E-state index contributed by atoms with van der Waals surface area (Å²) in [7, 11) is 0. The Balaban J connectivity index is 2.15. The SMILES string of the molecule is O=C1C=CC=C2C1=NC(Cl)c1cccc3ccn2c13. The highest BCUT2D eigenvalue weighted by Crippen LogP contribution is 2.36. The van der Waals surface area contributed by atoms with Gasteiger partial charge in [-0.25, -0.2) is 0 Å². The number of carbonyl (C=O) groups is 1. The number of aromatic nitrogens is 1. The van der Waals surface area contributed by atoms with E-state index < -0.39 is 5.50 Å². The lowest BCUT2D eigenvalue weighted by Crippen LogP contribution is -2.18. The Bertz CT molecular complexity index is 811. The number of benzene rings is 1. The zero-order chi connectivity index (χ0) is 13.0. The van der Waals surface area contributed by atoms with Crippen LogP contribution in [0.1, 0.15) is 11.1 Å². The first kappa shape index (κ1) is 10.8. The van der Waals surface area contributed by atoms with Gasteiger partial charge in [0.25, 0.3) is 0 Å². The molecule has 1 aliphatic heterocycles. The molecule has 2 aliphatic rings. The molecule has 3 nitrogen and oxygen atoms in total. The summed E-state index contributed by atoms with van der Waals surface area (Å²) in [4.78, 5) is 16.4. The maximum absolute atomic E-state index is 12.0. The first-order valence-corrected chi connectivity index (χ1v) is 6.44. The van der Waals surface area contributed by atoms with Gasteiger partial charge >= 0.3 is 0 Å². The van der Waals surface area contributed by atoms with Gasteiger partial charge in [0.1, 0.15) is 5.71 Å². The molecule has 1 atom stereocenters. The highest BCUT2D eigenvalue weighted by Gasteiger charge is 2.26. The Kier molecular flexibility index (Phi) is 2.09. The number of aliphatic imine (C=N–C) groups is 1. The smallest absolute Gasteiger partial charge is 0.205 e. The molecule has 0 radical (unpaired) electrons. The van der Waals surface area contributed by atoms with Gasteiger partial charge in [-0.3, -0.25) is 9.79 Å². The van der Waals surface area contributed by atoms with Crippen LogP contribution in [0.4, 0.5) is 0 Å². The lowest BCUT2D eigenvalue weighted by molar-refractivity contribution is -0.108. The molecule has 2 aromatic rings. The molecule has 1 aromatic heterocycles. The number of nitrogens with zero attached hydrogens (tertiary/aromatic N) is 2. The Morgan fingerprint density at radius 2 is 2.16 bits per heavy atom. The number of para-hydroxylation sites is 1. The van der Waals surface area contributed by atoms with Gasteiger partial charge in [-0.15, -0.1) is 0 Å². The van der Waals surface area contributed by atoms with Crippen LogP contribution in [0.3, 0.4) is 0 Å². The minimum absolute atomic E-state index is 0.0993. The van der Waals surface area contributed by atoms with Crippen LogP contribution in [0.2, 0.25) is 0 Å². The number of ketones is 1. The Labute approximate surface area is 114 Å². The Morgan fingerprint density at radius 1 is 1.26 bits per heavy atom. The maximum atomic E-state index is 12.0. The molecular weight excluding hydrogens is 260 g/mol. The molecule has 1 unspecified atom stereocenters. The second-order valence-corrected chi connectivity index (χ2v) is 4.97. The van der Waals surface area contributed by atoms with Crippen LogP contribution in [0, 0.1) is 0 Å². The molecule has 0 fully saturated rings. The highest BCUT2D eigenvalue weighted by atomic mass is 35.5. The van der Waals surface area contributed by atoms with Crippen LogP contribution in [-0.4, -0.2) is 16.1 Å². The van der Waals surface area contributed by atoms with Crippen LogP contribution in [0.25, 0.3) is 16.6 Å². The van der Waals surface area contributed by atoms with Crippen LogP contribution in [0.5, 0.6) is 0 Å². The van der Waals surface area contributed by atoms with E-state index in [-0.39, 0.29) is 5.78 Å². The number of hydrogen-bond acceptors (Lipinski definition) is 2. The zero-order valence-corrected chi connectivity index (χ0v) is 10.6. The van der Waals surface area contributed by atoms with Crippen molar-refractivity contribution in [2.45, 2.75) is 5.50 Å². The molecule has 1 aliphatic carbocycles. The summed E-state index contributed by atoms with van der Waals surface area (Å²) < 4.78 is 1.99. The fourth-order valence-electron chi connectivity index (χ4n) is 2.63. The Hall–Kier alpha value is -2.13. The van der Waals surface area contributed by atoms with Crippen molar-refractivity contribution >= 4 is 39.7 Å². The largest absolute Gasteiger partial charge is 0.314 e. The number of allylic oxidation sites excluding steroid dienone is 4. The predicted molar refractivity (Wildman–Crippen MR) is 76.4 cm³/mol. The summed E-state index contributed by atoms with van der Waals surface area (Å²) in [6, 6.07) is 7.97. The van der Waals surface area contributed by atoms with Crippen LogP contribution in [-0.2, 0) is 4.79 Å². The standard InChI is InChI=1S/C15H9ClN2O/c16-15-10-4-1-3-9-7-8-18(14(9)10)11-5-2-6-12(19)13(11)17-15/h1-8,15H. The van der Waals surface area contributed by atoms with E-state index in [0.717, 1.165) is 22.2 Å². The minimum atomic E-state index is -0.534. The van der Waals surface area contributed by atoms with E-state index in [4.69, 9.17) is 11.6 Å². The number of carbonyl (C=O) groups excluding carboxylic acids is 1. The van der Waals surface area contributed by atoms with Crippen LogP contribution >= 0.6 is 11.6 Å². The van der Waals surface area contributed by atoms with E-state index in [0.29, 0.717) is 5.71 Å². The van der Waals surface area contributed by atoms with Gasteiger partial charge in [0.05, 0.1) is 11.2 Å². The molecule has 0 saturated heterocycles. The molecule has 0 amide bonds. The fourth-order valence-corrected chi connectivity index (χ4v) is 2.91. The average molecular weight is 269 g/mol. The lowest BCUT2D eigenvalue weighted by atomic mass is 10.1. The van der Waals surface area contributed by atoms with E-state index in [1.165, 1.54) is 6.08 Å². The van der Waals surface area contributed by atoms with E-state index in [1.807, 2.05) is 41.1 Å². The van der Waals surface area contributed by atoms with Crippen molar-refractivity contribution < 1.29 is 4.79 Å². The zero-order valence-electron chi connectivity index (χ0n) is 9.88. The molecule has 19 heavy (non-hydrogen) atoms. The molecule has 0 N–H and O–H groups in total. The number of hydrogen-bond donors (Lipinski definition) is 0. The molecule has 4 heteroatoms.